The van der Waals surface area contributed by atoms with Crippen LogP contribution in [0, 0.1) is 0 Å². The molecule has 7 heteroatoms. The minimum absolute atomic E-state index is 0. The maximum absolute atomic E-state index is 5.44. The molecule has 2 N–H and O–H groups in total. The molecule has 0 spiro atoms. The van der Waals surface area contributed by atoms with Crippen molar-refractivity contribution in [2.45, 2.75) is 62.8 Å². The molecule has 1 aromatic rings. The standard InChI is InChI=1S/C20H34N4OS.HI/c1-3-24-12-4-6-17(24)15-22-20(21-11-10-18-7-5-13-25-18)23-16-8-9-19(14-16)26-2;/h5,7,13,16-17,19H,3-4,6,8-12,14-15H2,1-2H3,(H2,21,22,23);1H. The SMILES string of the molecule is CCN1CCCC1CN=C(NCCc1ccco1)NC1CCC(SC)C1.I. The first kappa shape index (κ1) is 22.9. The van der Waals surface area contributed by atoms with Crippen LogP contribution in [0.2, 0.25) is 0 Å². The van der Waals surface area contributed by atoms with Crippen LogP contribution in [0.15, 0.2) is 27.8 Å². The van der Waals surface area contributed by atoms with Crippen LogP contribution in [0.1, 0.15) is 44.8 Å². The number of aliphatic imine (C=N–C) groups is 1. The Hall–Kier alpha value is -0.410. The van der Waals surface area contributed by atoms with E-state index >= 15 is 0 Å². The molecule has 3 unspecified atom stereocenters. The van der Waals surface area contributed by atoms with Gasteiger partial charge in [-0.2, -0.15) is 11.8 Å². The third-order valence-electron chi connectivity index (χ3n) is 5.67. The number of nitrogens with one attached hydrogen (secondary N) is 2. The highest BCUT2D eigenvalue weighted by Gasteiger charge is 2.25. The minimum atomic E-state index is 0. The first-order valence-electron chi connectivity index (χ1n) is 10.1. The van der Waals surface area contributed by atoms with Gasteiger partial charge in [0.05, 0.1) is 12.8 Å². The summed E-state index contributed by atoms with van der Waals surface area (Å²) in [5.74, 6) is 2.00. The number of likely N-dealkylation sites (tertiary alicyclic amines) is 1. The summed E-state index contributed by atoms with van der Waals surface area (Å²) in [6, 6.07) is 5.13. The van der Waals surface area contributed by atoms with Gasteiger partial charge in [-0.05, 0) is 63.6 Å². The van der Waals surface area contributed by atoms with Crippen molar-refractivity contribution in [3.05, 3.63) is 24.2 Å². The number of thioether (sulfide) groups is 1. The largest absolute Gasteiger partial charge is 0.469 e. The van der Waals surface area contributed by atoms with Crippen LogP contribution in [0.3, 0.4) is 0 Å². The second kappa shape index (κ2) is 12.2. The first-order chi connectivity index (χ1) is 12.8. The summed E-state index contributed by atoms with van der Waals surface area (Å²) in [7, 11) is 0. The van der Waals surface area contributed by atoms with Crippen LogP contribution in [0.5, 0.6) is 0 Å². The molecule has 27 heavy (non-hydrogen) atoms. The van der Waals surface area contributed by atoms with E-state index in [0.717, 1.165) is 43.0 Å². The van der Waals surface area contributed by atoms with Gasteiger partial charge < -0.3 is 15.1 Å². The van der Waals surface area contributed by atoms with Crippen molar-refractivity contribution in [2.24, 2.45) is 4.99 Å². The van der Waals surface area contributed by atoms with Gasteiger partial charge in [-0.15, -0.1) is 24.0 Å². The lowest BCUT2D eigenvalue weighted by molar-refractivity contribution is 0.273. The number of hydrogen-bond acceptors (Lipinski definition) is 4. The lowest BCUT2D eigenvalue weighted by atomic mass is 10.2. The molecular weight excluding hydrogens is 471 g/mol. The van der Waals surface area contributed by atoms with E-state index < -0.39 is 0 Å². The van der Waals surface area contributed by atoms with Crippen LogP contribution in [-0.4, -0.2) is 60.6 Å². The van der Waals surface area contributed by atoms with E-state index in [1.54, 1.807) is 6.26 Å². The average Bonchev–Trinajstić information content (AvgIpc) is 3.40. The van der Waals surface area contributed by atoms with E-state index in [2.05, 4.69) is 28.7 Å². The molecule has 0 aromatic carbocycles. The molecule has 0 amide bonds. The Labute approximate surface area is 185 Å². The Bertz CT molecular complexity index is 554. The molecule has 1 saturated heterocycles. The van der Waals surface area contributed by atoms with Crippen molar-refractivity contribution in [2.75, 3.05) is 32.4 Å². The summed E-state index contributed by atoms with van der Waals surface area (Å²) in [6.07, 6.45) is 11.2. The van der Waals surface area contributed by atoms with Crippen LogP contribution in [-0.2, 0) is 6.42 Å². The van der Waals surface area contributed by atoms with Gasteiger partial charge in [-0.1, -0.05) is 6.92 Å². The normalized spacial score (nSPS) is 26.1. The van der Waals surface area contributed by atoms with Crippen LogP contribution in [0.25, 0.3) is 0 Å². The number of rotatable bonds is 8. The van der Waals surface area contributed by atoms with Gasteiger partial charge in [0, 0.05) is 30.3 Å². The van der Waals surface area contributed by atoms with Crippen molar-refractivity contribution in [3.8, 4) is 0 Å². The number of halogens is 1. The van der Waals surface area contributed by atoms with Crippen LogP contribution >= 0.6 is 35.7 Å². The van der Waals surface area contributed by atoms with Crippen molar-refractivity contribution >= 4 is 41.7 Å². The van der Waals surface area contributed by atoms with Gasteiger partial charge in [-0.25, -0.2) is 0 Å². The van der Waals surface area contributed by atoms with Crippen molar-refractivity contribution in [1.82, 2.24) is 15.5 Å². The summed E-state index contributed by atoms with van der Waals surface area (Å²) in [6.45, 7) is 6.35. The average molecular weight is 506 g/mol. The quantitative estimate of drug-likeness (QED) is 0.320. The Morgan fingerprint density at radius 3 is 2.96 bits per heavy atom. The zero-order valence-electron chi connectivity index (χ0n) is 16.7. The number of furan rings is 1. The summed E-state index contributed by atoms with van der Waals surface area (Å²) in [5.41, 5.74) is 0. The third-order valence-corrected chi connectivity index (χ3v) is 6.76. The van der Waals surface area contributed by atoms with Gasteiger partial charge in [-0.3, -0.25) is 9.89 Å². The molecule has 3 rings (SSSR count). The molecular formula is C20H35IN4OS. The maximum Gasteiger partial charge on any atom is 0.191 e. The number of likely N-dealkylation sites (N-methyl/N-ethyl adjacent to an activating group) is 1. The van der Waals surface area contributed by atoms with E-state index in [9.17, 15) is 0 Å². The summed E-state index contributed by atoms with van der Waals surface area (Å²) in [5, 5.41) is 8.02. The molecule has 5 nitrogen and oxygen atoms in total. The number of nitrogens with zero attached hydrogens (tertiary/aromatic N) is 2. The fourth-order valence-corrected chi connectivity index (χ4v) is 4.90. The molecule has 1 aliphatic carbocycles. The Morgan fingerprint density at radius 2 is 2.26 bits per heavy atom. The third kappa shape index (κ3) is 7.16. The molecule has 154 valence electrons. The second-order valence-electron chi connectivity index (χ2n) is 7.38. The molecule has 2 aliphatic rings. The molecule has 3 atom stereocenters. The highest BCUT2D eigenvalue weighted by Crippen LogP contribution is 2.28. The lowest BCUT2D eigenvalue weighted by Crippen LogP contribution is -2.44. The maximum atomic E-state index is 5.44. The van der Waals surface area contributed by atoms with Gasteiger partial charge in [0.1, 0.15) is 5.76 Å². The zero-order valence-corrected chi connectivity index (χ0v) is 19.8. The highest BCUT2D eigenvalue weighted by molar-refractivity contribution is 14.0. The Kier molecular flexibility index (Phi) is 10.3. The minimum Gasteiger partial charge on any atom is -0.469 e. The van der Waals surface area contributed by atoms with Crippen LogP contribution < -0.4 is 10.6 Å². The fourth-order valence-electron chi connectivity index (χ4n) is 4.11. The second-order valence-corrected chi connectivity index (χ2v) is 8.52. The monoisotopic (exact) mass is 506 g/mol. The topological polar surface area (TPSA) is 52.8 Å². The van der Waals surface area contributed by atoms with Gasteiger partial charge in [0.25, 0.3) is 0 Å². The smallest absolute Gasteiger partial charge is 0.191 e. The molecule has 1 saturated carbocycles. The zero-order chi connectivity index (χ0) is 18.2. The van der Waals surface area contributed by atoms with Crippen molar-refractivity contribution < 1.29 is 4.42 Å². The fraction of sp³-hybridized carbons (Fsp3) is 0.750. The molecule has 2 fully saturated rings. The molecule has 1 aromatic heterocycles. The predicted molar refractivity (Wildman–Crippen MR) is 126 cm³/mol. The number of hydrogen-bond donors (Lipinski definition) is 2. The highest BCUT2D eigenvalue weighted by atomic mass is 127. The van der Waals surface area contributed by atoms with E-state index in [0.29, 0.717) is 12.1 Å². The predicted octanol–water partition coefficient (Wildman–Crippen LogP) is 3.74. The Morgan fingerprint density at radius 1 is 1.37 bits per heavy atom. The van der Waals surface area contributed by atoms with Gasteiger partial charge in [0.2, 0.25) is 0 Å². The van der Waals surface area contributed by atoms with Gasteiger partial charge >= 0.3 is 0 Å². The van der Waals surface area contributed by atoms with E-state index in [-0.39, 0.29) is 24.0 Å². The van der Waals surface area contributed by atoms with Crippen molar-refractivity contribution in [3.63, 3.8) is 0 Å². The molecule has 0 radical (unpaired) electrons. The van der Waals surface area contributed by atoms with E-state index in [4.69, 9.17) is 9.41 Å². The van der Waals surface area contributed by atoms with E-state index in [1.165, 1.54) is 38.6 Å². The summed E-state index contributed by atoms with van der Waals surface area (Å²) >= 11 is 2.00. The Balaban J connectivity index is 0.00000261. The van der Waals surface area contributed by atoms with Crippen LogP contribution in [0.4, 0.5) is 0 Å². The lowest BCUT2D eigenvalue weighted by Gasteiger charge is -2.22. The van der Waals surface area contributed by atoms with Gasteiger partial charge in [0.15, 0.2) is 5.96 Å². The summed E-state index contributed by atoms with van der Waals surface area (Å²) < 4.78 is 5.44. The van der Waals surface area contributed by atoms with Crippen molar-refractivity contribution in [1.29, 1.82) is 0 Å². The molecule has 1 aliphatic heterocycles. The molecule has 0 bridgehead atoms. The van der Waals surface area contributed by atoms with E-state index in [1.807, 2.05) is 23.9 Å². The number of guanidine groups is 1. The summed E-state index contributed by atoms with van der Waals surface area (Å²) in [4.78, 5) is 7.51. The molecule has 2 heterocycles. The first-order valence-corrected chi connectivity index (χ1v) is 11.4.